The lowest BCUT2D eigenvalue weighted by Crippen LogP contribution is -2.34. The lowest BCUT2D eigenvalue weighted by Gasteiger charge is -2.21. The predicted molar refractivity (Wildman–Crippen MR) is 79.0 cm³/mol. The molecule has 0 bridgehead atoms. The lowest BCUT2D eigenvalue weighted by atomic mass is 9.93. The SMILES string of the molecule is Fc1ccc(F)c(C2CNCC2NCc2ccccc2)c1. The fourth-order valence-corrected chi connectivity index (χ4v) is 2.86. The maximum Gasteiger partial charge on any atom is 0.126 e. The first kappa shape index (κ1) is 14.2. The molecule has 0 aliphatic carbocycles. The summed E-state index contributed by atoms with van der Waals surface area (Å²) in [6.07, 6.45) is 0. The summed E-state index contributed by atoms with van der Waals surface area (Å²) in [5.74, 6) is -0.777. The largest absolute Gasteiger partial charge is 0.314 e. The monoisotopic (exact) mass is 288 g/mol. The van der Waals surface area contributed by atoms with Crippen molar-refractivity contribution in [3.8, 4) is 0 Å². The van der Waals surface area contributed by atoms with Crippen molar-refractivity contribution in [2.75, 3.05) is 13.1 Å². The van der Waals surface area contributed by atoms with E-state index in [1.54, 1.807) is 0 Å². The Labute approximate surface area is 123 Å². The molecule has 0 amide bonds. The highest BCUT2D eigenvalue weighted by atomic mass is 19.1. The molecule has 2 N–H and O–H groups in total. The van der Waals surface area contributed by atoms with E-state index in [4.69, 9.17) is 0 Å². The van der Waals surface area contributed by atoms with E-state index in [0.717, 1.165) is 19.2 Å². The van der Waals surface area contributed by atoms with Crippen molar-refractivity contribution in [2.45, 2.75) is 18.5 Å². The third kappa shape index (κ3) is 3.28. The summed E-state index contributed by atoms with van der Waals surface area (Å²) in [6, 6.07) is 13.8. The summed E-state index contributed by atoms with van der Waals surface area (Å²) >= 11 is 0. The van der Waals surface area contributed by atoms with Gasteiger partial charge in [-0.3, -0.25) is 0 Å². The number of halogens is 2. The van der Waals surface area contributed by atoms with E-state index in [0.29, 0.717) is 12.1 Å². The fourth-order valence-electron chi connectivity index (χ4n) is 2.86. The maximum atomic E-state index is 13.9. The Hall–Kier alpha value is -1.78. The Kier molecular flexibility index (Phi) is 4.27. The van der Waals surface area contributed by atoms with Gasteiger partial charge in [-0.2, -0.15) is 0 Å². The Morgan fingerprint density at radius 2 is 1.86 bits per heavy atom. The van der Waals surface area contributed by atoms with Crippen LogP contribution in [0.3, 0.4) is 0 Å². The van der Waals surface area contributed by atoms with Gasteiger partial charge < -0.3 is 10.6 Å². The zero-order valence-electron chi connectivity index (χ0n) is 11.7. The molecule has 1 aliphatic rings. The van der Waals surface area contributed by atoms with Crippen LogP contribution in [-0.2, 0) is 6.54 Å². The number of benzene rings is 2. The van der Waals surface area contributed by atoms with Crippen molar-refractivity contribution in [2.24, 2.45) is 0 Å². The van der Waals surface area contributed by atoms with Crippen LogP contribution in [0.1, 0.15) is 17.0 Å². The molecule has 2 unspecified atom stereocenters. The minimum atomic E-state index is -0.389. The van der Waals surface area contributed by atoms with Gasteiger partial charge in [0.15, 0.2) is 0 Å². The normalized spacial score (nSPS) is 21.6. The maximum absolute atomic E-state index is 13.9. The highest BCUT2D eigenvalue weighted by Gasteiger charge is 2.30. The molecule has 1 aliphatic heterocycles. The van der Waals surface area contributed by atoms with Crippen molar-refractivity contribution < 1.29 is 8.78 Å². The summed E-state index contributed by atoms with van der Waals surface area (Å²) in [6.45, 7) is 2.14. The zero-order valence-corrected chi connectivity index (χ0v) is 11.7. The van der Waals surface area contributed by atoms with E-state index in [-0.39, 0.29) is 23.6 Å². The molecule has 1 saturated heterocycles. The summed E-state index contributed by atoms with van der Waals surface area (Å²) in [5, 5.41) is 6.69. The molecular formula is C17H18F2N2. The summed E-state index contributed by atoms with van der Waals surface area (Å²) in [5.41, 5.74) is 1.63. The highest BCUT2D eigenvalue weighted by Crippen LogP contribution is 2.26. The van der Waals surface area contributed by atoms with Gasteiger partial charge in [0.2, 0.25) is 0 Å². The summed E-state index contributed by atoms with van der Waals surface area (Å²) in [7, 11) is 0. The predicted octanol–water partition coefficient (Wildman–Crippen LogP) is 2.81. The second kappa shape index (κ2) is 6.33. The van der Waals surface area contributed by atoms with Crippen LogP contribution < -0.4 is 10.6 Å². The van der Waals surface area contributed by atoms with Crippen LogP contribution in [0.2, 0.25) is 0 Å². The van der Waals surface area contributed by atoms with Gasteiger partial charge in [-0.05, 0) is 29.3 Å². The standard InChI is InChI=1S/C17H18F2N2/c18-13-6-7-16(19)14(8-13)15-10-20-11-17(15)21-9-12-4-2-1-3-5-12/h1-8,15,17,20-21H,9-11H2. The van der Waals surface area contributed by atoms with Gasteiger partial charge in [-0.15, -0.1) is 0 Å². The highest BCUT2D eigenvalue weighted by molar-refractivity contribution is 5.26. The smallest absolute Gasteiger partial charge is 0.126 e. The number of nitrogens with one attached hydrogen (secondary N) is 2. The van der Waals surface area contributed by atoms with Crippen LogP contribution >= 0.6 is 0 Å². The van der Waals surface area contributed by atoms with Crippen molar-refractivity contribution in [3.63, 3.8) is 0 Å². The Morgan fingerprint density at radius 1 is 1.05 bits per heavy atom. The topological polar surface area (TPSA) is 24.1 Å². The molecule has 110 valence electrons. The molecule has 4 heteroatoms. The fraction of sp³-hybridized carbons (Fsp3) is 0.294. The molecule has 2 nitrogen and oxygen atoms in total. The number of hydrogen-bond acceptors (Lipinski definition) is 2. The third-order valence-electron chi connectivity index (χ3n) is 3.98. The first-order chi connectivity index (χ1) is 10.2. The first-order valence-corrected chi connectivity index (χ1v) is 7.17. The van der Waals surface area contributed by atoms with Crippen molar-refractivity contribution >= 4 is 0 Å². The van der Waals surface area contributed by atoms with Crippen LogP contribution in [0.25, 0.3) is 0 Å². The van der Waals surface area contributed by atoms with Gasteiger partial charge in [0.25, 0.3) is 0 Å². The molecular weight excluding hydrogens is 270 g/mol. The molecule has 2 aromatic rings. The quantitative estimate of drug-likeness (QED) is 0.904. The van der Waals surface area contributed by atoms with Gasteiger partial charge in [-0.25, -0.2) is 8.78 Å². The zero-order chi connectivity index (χ0) is 14.7. The van der Waals surface area contributed by atoms with Crippen molar-refractivity contribution in [3.05, 3.63) is 71.3 Å². The van der Waals surface area contributed by atoms with Crippen LogP contribution in [0, 0.1) is 11.6 Å². The molecule has 2 atom stereocenters. The van der Waals surface area contributed by atoms with Gasteiger partial charge in [0, 0.05) is 31.6 Å². The van der Waals surface area contributed by atoms with Gasteiger partial charge >= 0.3 is 0 Å². The van der Waals surface area contributed by atoms with Crippen molar-refractivity contribution in [1.82, 2.24) is 10.6 Å². The van der Waals surface area contributed by atoms with Crippen LogP contribution in [0.15, 0.2) is 48.5 Å². The summed E-state index contributed by atoms with van der Waals surface area (Å²) < 4.78 is 27.3. The molecule has 0 saturated carbocycles. The summed E-state index contributed by atoms with van der Waals surface area (Å²) in [4.78, 5) is 0. The Bertz CT molecular complexity index is 601. The van der Waals surface area contributed by atoms with E-state index in [1.807, 2.05) is 30.3 Å². The average Bonchev–Trinajstić information content (AvgIpc) is 2.97. The minimum Gasteiger partial charge on any atom is -0.314 e. The molecule has 1 heterocycles. The second-order valence-corrected chi connectivity index (χ2v) is 5.40. The Balaban J connectivity index is 1.72. The minimum absolute atomic E-state index is 0.0515. The molecule has 0 spiro atoms. The molecule has 21 heavy (non-hydrogen) atoms. The van der Waals surface area contributed by atoms with Gasteiger partial charge in [-0.1, -0.05) is 30.3 Å². The molecule has 2 aromatic carbocycles. The lowest BCUT2D eigenvalue weighted by molar-refractivity contribution is 0.482. The Morgan fingerprint density at radius 3 is 2.67 bits per heavy atom. The van der Waals surface area contributed by atoms with E-state index >= 15 is 0 Å². The molecule has 1 fully saturated rings. The third-order valence-corrected chi connectivity index (χ3v) is 3.98. The van der Waals surface area contributed by atoms with E-state index in [2.05, 4.69) is 10.6 Å². The first-order valence-electron chi connectivity index (χ1n) is 7.17. The van der Waals surface area contributed by atoms with Crippen LogP contribution in [0.4, 0.5) is 8.78 Å². The average molecular weight is 288 g/mol. The van der Waals surface area contributed by atoms with Gasteiger partial charge in [0.05, 0.1) is 0 Å². The molecule has 0 radical (unpaired) electrons. The van der Waals surface area contributed by atoms with E-state index < -0.39 is 0 Å². The number of rotatable bonds is 4. The van der Waals surface area contributed by atoms with E-state index in [1.165, 1.54) is 17.7 Å². The van der Waals surface area contributed by atoms with Crippen LogP contribution in [-0.4, -0.2) is 19.1 Å². The van der Waals surface area contributed by atoms with Crippen molar-refractivity contribution in [1.29, 1.82) is 0 Å². The van der Waals surface area contributed by atoms with E-state index in [9.17, 15) is 8.78 Å². The number of hydrogen-bond donors (Lipinski definition) is 2. The van der Waals surface area contributed by atoms with Gasteiger partial charge in [0.1, 0.15) is 11.6 Å². The molecule has 3 rings (SSSR count). The molecule has 0 aromatic heterocycles. The second-order valence-electron chi connectivity index (χ2n) is 5.40. The van der Waals surface area contributed by atoms with Crippen LogP contribution in [0.5, 0.6) is 0 Å².